The number of H-pyrrole nitrogens is 1. The molecule has 0 aliphatic heterocycles. The van der Waals surface area contributed by atoms with E-state index < -0.39 is 13.8 Å². The van der Waals surface area contributed by atoms with Crippen LogP contribution in [0.15, 0.2) is 27.6 Å². The smallest absolute Gasteiger partial charge is 0.328 e. The first kappa shape index (κ1) is 13.7. The summed E-state index contributed by atoms with van der Waals surface area (Å²) in [5, 5.41) is 10.1. The predicted molar refractivity (Wildman–Crippen MR) is 69.8 cm³/mol. The molecule has 0 radical (unpaired) electrons. The van der Waals surface area contributed by atoms with Gasteiger partial charge in [-0.25, -0.2) is 4.79 Å². The van der Waals surface area contributed by atoms with Crippen molar-refractivity contribution in [1.29, 1.82) is 0 Å². The number of allylic oxidation sites excluding steroid dienone is 1. The molecule has 0 bridgehead atoms. The molecule has 0 aromatic carbocycles. The molecule has 0 saturated heterocycles. The largest absolute Gasteiger partial charge is 0.399 e. The quantitative estimate of drug-likeness (QED) is 0.753. The van der Waals surface area contributed by atoms with Crippen LogP contribution in [0.25, 0.3) is 0 Å². The van der Waals surface area contributed by atoms with Gasteiger partial charge in [-0.1, -0.05) is 18.3 Å². The highest BCUT2D eigenvalue weighted by Crippen LogP contribution is 2.13. The fourth-order valence-electron chi connectivity index (χ4n) is 1.27. The first-order chi connectivity index (χ1) is 7.77. The first-order valence-corrected chi connectivity index (χ1v) is 8.58. The Morgan fingerprint density at radius 1 is 1.53 bits per heavy atom. The zero-order valence-electron chi connectivity index (χ0n) is 10.4. The van der Waals surface area contributed by atoms with Gasteiger partial charge in [0.1, 0.15) is 8.07 Å². The second-order valence-electron chi connectivity index (χ2n) is 4.84. The summed E-state index contributed by atoms with van der Waals surface area (Å²) in [6, 6.07) is 0. The van der Waals surface area contributed by atoms with Crippen molar-refractivity contribution in [3.8, 4) is 0 Å². The summed E-state index contributed by atoms with van der Waals surface area (Å²) in [5.41, 5.74) is -0.319. The zero-order valence-corrected chi connectivity index (χ0v) is 11.4. The number of nitrogens with zero attached hydrogens (tertiary/aromatic N) is 1. The summed E-state index contributed by atoms with van der Waals surface area (Å²) in [6.45, 7) is 9.89. The topological polar surface area (TPSA) is 75.1 Å². The molecule has 94 valence electrons. The van der Waals surface area contributed by atoms with E-state index in [0.717, 1.165) is 5.20 Å². The predicted octanol–water partition coefficient (Wildman–Crippen LogP) is 0.180. The van der Waals surface area contributed by atoms with Gasteiger partial charge in [-0.3, -0.25) is 14.3 Å². The molecule has 0 unspecified atom stereocenters. The maximum atomic E-state index is 11.6. The van der Waals surface area contributed by atoms with E-state index >= 15 is 0 Å². The molecule has 0 aliphatic rings. The molecule has 0 atom stereocenters. The Hall–Kier alpha value is -1.40. The number of aliphatic hydroxyl groups is 1. The van der Waals surface area contributed by atoms with Gasteiger partial charge < -0.3 is 5.11 Å². The molecule has 6 heteroatoms. The number of aromatic amines is 1. The van der Waals surface area contributed by atoms with E-state index in [9.17, 15) is 14.7 Å². The van der Waals surface area contributed by atoms with Gasteiger partial charge in [-0.2, -0.15) is 0 Å². The lowest BCUT2D eigenvalue weighted by Crippen LogP contribution is -2.39. The van der Waals surface area contributed by atoms with E-state index in [0.29, 0.717) is 12.1 Å². The van der Waals surface area contributed by atoms with E-state index in [1.54, 1.807) is 6.92 Å². The number of aromatic nitrogens is 2. The van der Waals surface area contributed by atoms with Crippen LogP contribution >= 0.6 is 0 Å². The summed E-state index contributed by atoms with van der Waals surface area (Å²) in [6.07, 6.45) is 1.62. The fourth-order valence-corrected chi connectivity index (χ4v) is 2.09. The molecule has 5 nitrogen and oxygen atoms in total. The van der Waals surface area contributed by atoms with Gasteiger partial charge in [0.25, 0.3) is 5.56 Å². The van der Waals surface area contributed by atoms with Gasteiger partial charge in [0, 0.05) is 24.5 Å². The fraction of sp³-hybridized carbons (Fsp3) is 0.455. The molecule has 1 aromatic heterocycles. The van der Waals surface area contributed by atoms with Crippen molar-refractivity contribution in [2.24, 2.45) is 0 Å². The molecular formula is C11H18N2O3Si. The van der Waals surface area contributed by atoms with Crippen LogP contribution in [0, 0.1) is 6.92 Å². The van der Waals surface area contributed by atoms with Crippen LogP contribution < -0.4 is 11.2 Å². The van der Waals surface area contributed by atoms with E-state index in [4.69, 9.17) is 0 Å². The normalized spacial score (nSPS) is 11.5. The lowest BCUT2D eigenvalue weighted by molar-refractivity contribution is 0.359. The minimum Gasteiger partial charge on any atom is -0.399 e. The molecule has 0 spiro atoms. The lowest BCUT2D eigenvalue weighted by atomic mass is 10.4. The second-order valence-corrected chi connectivity index (χ2v) is 9.64. The molecule has 1 rings (SSSR count). The Morgan fingerprint density at radius 3 is 2.65 bits per heavy atom. The van der Waals surface area contributed by atoms with Gasteiger partial charge in [0.15, 0.2) is 0 Å². The number of nitrogens with one attached hydrogen (secondary N) is 1. The standard InChI is InChI=1S/C11H18N2O3Si/c1-8-5-13(11(16)12-10(8)15)6-9(2)17(3,4)7-14/h5,14H,2,6-7H2,1,3-4H3,(H,12,15,16). The average molecular weight is 254 g/mol. The Labute approximate surface area is 100 Å². The molecule has 0 amide bonds. The highest BCUT2D eigenvalue weighted by molar-refractivity contribution is 6.84. The monoisotopic (exact) mass is 254 g/mol. The molecule has 1 aromatic rings. The van der Waals surface area contributed by atoms with Crippen molar-refractivity contribution >= 4 is 8.07 Å². The van der Waals surface area contributed by atoms with Gasteiger partial charge in [-0.15, -0.1) is 6.58 Å². The third kappa shape index (κ3) is 3.04. The average Bonchev–Trinajstić information content (AvgIpc) is 2.25. The minimum atomic E-state index is -1.91. The number of rotatable bonds is 4. The number of hydrogen-bond donors (Lipinski definition) is 2. The maximum Gasteiger partial charge on any atom is 0.328 e. The molecule has 1 heterocycles. The summed E-state index contributed by atoms with van der Waals surface area (Å²) in [7, 11) is -1.91. The van der Waals surface area contributed by atoms with Gasteiger partial charge in [0.2, 0.25) is 0 Å². The zero-order chi connectivity index (χ0) is 13.2. The van der Waals surface area contributed by atoms with Crippen molar-refractivity contribution < 1.29 is 5.11 Å². The molecule has 2 N–H and O–H groups in total. The van der Waals surface area contributed by atoms with Crippen molar-refractivity contribution in [2.45, 2.75) is 26.6 Å². The molecule has 17 heavy (non-hydrogen) atoms. The summed E-state index contributed by atoms with van der Waals surface area (Å²) < 4.78 is 1.42. The van der Waals surface area contributed by atoms with Crippen LogP contribution in [0.3, 0.4) is 0 Å². The van der Waals surface area contributed by atoms with Crippen LogP contribution in [-0.4, -0.2) is 29.0 Å². The first-order valence-electron chi connectivity index (χ1n) is 5.37. The summed E-state index contributed by atoms with van der Waals surface area (Å²) >= 11 is 0. The number of aliphatic hydroxyl groups excluding tert-OH is 1. The molecule has 0 fully saturated rings. The van der Waals surface area contributed by atoms with Crippen LogP contribution in [0.1, 0.15) is 5.56 Å². The van der Waals surface area contributed by atoms with Crippen LogP contribution in [-0.2, 0) is 6.54 Å². The third-order valence-corrected chi connectivity index (χ3v) is 5.77. The lowest BCUT2D eigenvalue weighted by Gasteiger charge is -2.22. The number of hydrogen-bond acceptors (Lipinski definition) is 3. The highest BCUT2D eigenvalue weighted by atomic mass is 28.3. The Balaban J connectivity index is 3.05. The Bertz CT molecular complexity index is 542. The van der Waals surface area contributed by atoms with Gasteiger partial charge in [0.05, 0.1) is 0 Å². The van der Waals surface area contributed by atoms with Crippen molar-refractivity contribution in [3.63, 3.8) is 0 Å². The summed E-state index contributed by atoms with van der Waals surface area (Å²) in [4.78, 5) is 25.0. The minimum absolute atomic E-state index is 0.100. The van der Waals surface area contributed by atoms with Crippen molar-refractivity contribution in [3.05, 3.63) is 44.4 Å². The summed E-state index contributed by atoms with van der Waals surface area (Å²) in [5.74, 6) is 0. The van der Waals surface area contributed by atoms with E-state index in [-0.39, 0.29) is 11.8 Å². The Morgan fingerprint density at radius 2 is 2.12 bits per heavy atom. The molecule has 0 aliphatic carbocycles. The second kappa shape index (κ2) is 4.85. The molecule has 0 saturated carbocycles. The van der Waals surface area contributed by atoms with E-state index in [1.807, 2.05) is 13.1 Å². The highest BCUT2D eigenvalue weighted by Gasteiger charge is 2.23. The SMILES string of the molecule is C=C(Cn1cc(C)c(=O)[nH]c1=O)[Si](C)(C)CO. The number of aryl methyl sites for hydroxylation is 1. The van der Waals surface area contributed by atoms with Crippen molar-refractivity contribution in [1.82, 2.24) is 9.55 Å². The Kier molecular flexibility index (Phi) is 3.89. The van der Waals surface area contributed by atoms with E-state index in [2.05, 4.69) is 11.6 Å². The van der Waals surface area contributed by atoms with Gasteiger partial charge >= 0.3 is 5.69 Å². The van der Waals surface area contributed by atoms with Crippen LogP contribution in [0.5, 0.6) is 0 Å². The van der Waals surface area contributed by atoms with Crippen LogP contribution in [0.2, 0.25) is 13.1 Å². The third-order valence-electron chi connectivity index (χ3n) is 2.90. The molecular weight excluding hydrogens is 236 g/mol. The van der Waals surface area contributed by atoms with Crippen LogP contribution in [0.4, 0.5) is 0 Å². The van der Waals surface area contributed by atoms with Crippen molar-refractivity contribution in [2.75, 3.05) is 6.23 Å². The van der Waals surface area contributed by atoms with Gasteiger partial charge in [-0.05, 0) is 6.92 Å². The van der Waals surface area contributed by atoms with E-state index in [1.165, 1.54) is 10.8 Å². The maximum absolute atomic E-state index is 11.6.